The SMILES string of the molecule is Cc1n[nH]c(=O)n1[C@H]1CCCC[C@@H]1OCc1ccccc1. The molecule has 1 aliphatic carbocycles. The molecule has 1 aromatic carbocycles. The maximum Gasteiger partial charge on any atom is 0.343 e. The number of hydrogen-bond donors (Lipinski definition) is 1. The second-order valence-electron chi connectivity index (χ2n) is 5.63. The number of aryl methyl sites for hydroxylation is 1. The summed E-state index contributed by atoms with van der Waals surface area (Å²) in [5, 5.41) is 6.54. The first-order chi connectivity index (χ1) is 10.3. The molecule has 0 amide bonds. The summed E-state index contributed by atoms with van der Waals surface area (Å²) < 4.78 is 7.87. The van der Waals surface area contributed by atoms with E-state index < -0.39 is 0 Å². The van der Waals surface area contributed by atoms with Crippen molar-refractivity contribution in [3.63, 3.8) is 0 Å². The Balaban J connectivity index is 1.74. The molecule has 2 atom stereocenters. The van der Waals surface area contributed by atoms with E-state index in [1.807, 2.05) is 25.1 Å². The highest BCUT2D eigenvalue weighted by Gasteiger charge is 2.29. The predicted octanol–water partition coefficient (Wildman–Crippen LogP) is 2.58. The normalized spacial score (nSPS) is 22.3. The van der Waals surface area contributed by atoms with Gasteiger partial charge in [-0.15, -0.1) is 0 Å². The molecule has 0 unspecified atom stereocenters. The summed E-state index contributed by atoms with van der Waals surface area (Å²) in [6.45, 7) is 2.45. The van der Waals surface area contributed by atoms with Crippen LogP contribution in [0.5, 0.6) is 0 Å². The molecule has 21 heavy (non-hydrogen) atoms. The first-order valence-corrected chi connectivity index (χ1v) is 7.55. The topological polar surface area (TPSA) is 59.9 Å². The van der Waals surface area contributed by atoms with E-state index in [0.717, 1.165) is 37.1 Å². The van der Waals surface area contributed by atoms with Crippen LogP contribution >= 0.6 is 0 Å². The fourth-order valence-electron chi connectivity index (χ4n) is 3.12. The molecule has 5 nitrogen and oxygen atoms in total. The zero-order chi connectivity index (χ0) is 14.7. The number of aromatic nitrogens is 3. The zero-order valence-electron chi connectivity index (χ0n) is 12.3. The lowest BCUT2D eigenvalue weighted by Gasteiger charge is -2.32. The lowest BCUT2D eigenvalue weighted by atomic mass is 9.92. The average Bonchev–Trinajstić information content (AvgIpc) is 2.85. The van der Waals surface area contributed by atoms with Crippen LogP contribution in [0.4, 0.5) is 0 Å². The highest BCUT2D eigenvalue weighted by Crippen LogP contribution is 2.31. The molecule has 112 valence electrons. The Hall–Kier alpha value is -1.88. The van der Waals surface area contributed by atoms with E-state index in [0.29, 0.717) is 6.61 Å². The molecule has 1 aromatic heterocycles. The van der Waals surface area contributed by atoms with E-state index >= 15 is 0 Å². The second kappa shape index (κ2) is 6.26. The number of ether oxygens (including phenoxy) is 1. The van der Waals surface area contributed by atoms with Crippen molar-refractivity contribution in [2.45, 2.75) is 51.4 Å². The standard InChI is InChI=1S/C16H21N3O2/c1-12-17-18-16(20)19(12)14-9-5-6-10-15(14)21-11-13-7-3-2-4-8-13/h2-4,7-8,14-15H,5-6,9-11H2,1H3,(H,18,20)/t14-,15-/m0/s1. The van der Waals surface area contributed by atoms with Gasteiger partial charge in [0.1, 0.15) is 5.82 Å². The van der Waals surface area contributed by atoms with Gasteiger partial charge in [-0.1, -0.05) is 43.2 Å². The highest BCUT2D eigenvalue weighted by atomic mass is 16.5. The van der Waals surface area contributed by atoms with Crippen LogP contribution in [0.2, 0.25) is 0 Å². The lowest BCUT2D eigenvalue weighted by molar-refractivity contribution is -0.0177. The van der Waals surface area contributed by atoms with E-state index in [4.69, 9.17) is 4.74 Å². The molecule has 0 aliphatic heterocycles. The lowest BCUT2D eigenvalue weighted by Crippen LogP contribution is -2.35. The average molecular weight is 287 g/mol. The molecule has 5 heteroatoms. The Morgan fingerprint density at radius 3 is 2.76 bits per heavy atom. The molecule has 1 heterocycles. The maximum atomic E-state index is 11.9. The van der Waals surface area contributed by atoms with Crippen LogP contribution in [-0.2, 0) is 11.3 Å². The number of hydrogen-bond acceptors (Lipinski definition) is 3. The second-order valence-corrected chi connectivity index (χ2v) is 5.63. The van der Waals surface area contributed by atoms with Gasteiger partial charge in [0, 0.05) is 0 Å². The van der Waals surface area contributed by atoms with Crippen LogP contribution in [0.25, 0.3) is 0 Å². The van der Waals surface area contributed by atoms with Gasteiger partial charge in [0.25, 0.3) is 0 Å². The van der Waals surface area contributed by atoms with E-state index in [-0.39, 0.29) is 17.8 Å². The fourth-order valence-corrected chi connectivity index (χ4v) is 3.12. The third kappa shape index (κ3) is 3.08. The molecule has 1 aliphatic rings. The summed E-state index contributed by atoms with van der Waals surface area (Å²) in [5.41, 5.74) is 1.03. The molecule has 2 aromatic rings. The van der Waals surface area contributed by atoms with Gasteiger partial charge in [0.15, 0.2) is 0 Å². The van der Waals surface area contributed by atoms with Crippen molar-refractivity contribution in [2.24, 2.45) is 0 Å². The van der Waals surface area contributed by atoms with Crippen molar-refractivity contribution in [3.8, 4) is 0 Å². The highest BCUT2D eigenvalue weighted by molar-refractivity contribution is 5.13. The number of nitrogens with one attached hydrogen (secondary N) is 1. The van der Waals surface area contributed by atoms with Gasteiger partial charge < -0.3 is 4.74 Å². The number of benzene rings is 1. The Bertz CT molecular complexity index is 632. The first kappa shape index (κ1) is 14.1. The Morgan fingerprint density at radius 2 is 2.05 bits per heavy atom. The van der Waals surface area contributed by atoms with Gasteiger partial charge in [-0.2, -0.15) is 5.10 Å². The van der Waals surface area contributed by atoms with Gasteiger partial charge >= 0.3 is 5.69 Å². The summed E-state index contributed by atoms with van der Waals surface area (Å²) in [7, 11) is 0. The number of aromatic amines is 1. The molecule has 1 fully saturated rings. The minimum Gasteiger partial charge on any atom is -0.371 e. The number of rotatable bonds is 4. The molecule has 0 saturated heterocycles. The molecule has 1 N–H and O–H groups in total. The van der Waals surface area contributed by atoms with Crippen LogP contribution in [0.3, 0.4) is 0 Å². The minimum absolute atomic E-state index is 0.0768. The van der Waals surface area contributed by atoms with E-state index in [9.17, 15) is 4.79 Å². The summed E-state index contributed by atoms with van der Waals surface area (Å²) in [6.07, 6.45) is 4.33. The van der Waals surface area contributed by atoms with E-state index in [2.05, 4.69) is 22.3 Å². The zero-order valence-corrected chi connectivity index (χ0v) is 12.3. The van der Waals surface area contributed by atoms with Crippen LogP contribution in [0.15, 0.2) is 35.1 Å². The largest absolute Gasteiger partial charge is 0.371 e. The number of nitrogens with zero attached hydrogens (tertiary/aromatic N) is 2. The monoisotopic (exact) mass is 287 g/mol. The van der Waals surface area contributed by atoms with Crippen molar-refractivity contribution in [3.05, 3.63) is 52.2 Å². The fraction of sp³-hybridized carbons (Fsp3) is 0.500. The van der Waals surface area contributed by atoms with E-state index in [1.54, 1.807) is 4.57 Å². The minimum atomic E-state index is -0.132. The van der Waals surface area contributed by atoms with Crippen LogP contribution in [0, 0.1) is 6.92 Å². The van der Waals surface area contributed by atoms with Crippen molar-refractivity contribution in [1.82, 2.24) is 14.8 Å². The van der Waals surface area contributed by atoms with Gasteiger partial charge in [-0.05, 0) is 25.3 Å². The summed E-state index contributed by atoms with van der Waals surface area (Å²) in [5.74, 6) is 0.736. The quantitative estimate of drug-likeness (QED) is 0.940. The third-order valence-corrected chi connectivity index (χ3v) is 4.19. The van der Waals surface area contributed by atoms with Crippen molar-refractivity contribution < 1.29 is 4.74 Å². The summed E-state index contributed by atoms with van der Waals surface area (Å²) in [6, 6.07) is 10.2. The Labute approximate surface area is 124 Å². The van der Waals surface area contributed by atoms with Crippen LogP contribution in [-0.4, -0.2) is 20.9 Å². The Morgan fingerprint density at radius 1 is 1.29 bits per heavy atom. The van der Waals surface area contributed by atoms with Crippen molar-refractivity contribution >= 4 is 0 Å². The van der Waals surface area contributed by atoms with Crippen LogP contribution in [0.1, 0.15) is 43.1 Å². The van der Waals surface area contributed by atoms with E-state index in [1.165, 1.54) is 0 Å². The van der Waals surface area contributed by atoms with Gasteiger partial charge in [0.2, 0.25) is 0 Å². The summed E-state index contributed by atoms with van der Waals surface area (Å²) in [4.78, 5) is 11.9. The van der Waals surface area contributed by atoms with Crippen molar-refractivity contribution in [1.29, 1.82) is 0 Å². The van der Waals surface area contributed by atoms with Gasteiger partial charge in [0.05, 0.1) is 18.8 Å². The molecule has 3 rings (SSSR count). The summed E-state index contributed by atoms with van der Waals surface area (Å²) >= 11 is 0. The Kier molecular flexibility index (Phi) is 4.20. The predicted molar refractivity (Wildman–Crippen MR) is 80.1 cm³/mol. The van der Waals surface area contributed by atoms with Crippen LogP contribution < -0.4 is 5.69 Å². The molecular formula is C16H21N3O2. The molecule has 0 bridgehead atoms. The van der Waals surface area contributed by atoms with Gasteiger partial charge in [-0.3, -0.25) is 4.57 Å². The molecule has 0 spiro atoms. The van der Waals surface area contributed by atoms with Crippen molar-refractivity contribution in [2.75, 3.05) is 0 Å². The molecule has 0 radical (unpaired) electrons. The van der Waals surface area contributed by atoms with Gasteiger partial charge in [-0.25, -0.2) is 9.89 Å². The molecule has 1 saturated carbocycles. The smallest absolute Gasteiger partial charge is 0.343 e. The first-order valence-electron chi connectivity index (χ1n) is 7.55. The number of H-pyrrole nitrogens is 1. The maximum absolute atomic E-state index is 11.9. The molecular weight excluding hydrogens is 266 g/mol. The third-order valence-electron chi connectivity index (χ3n) is 4.19.